The number of nitrogens with one attached hydrogen (secondary N) is 1. The van der Waals surface area contributed by atoms with Gasteiger partial charge in [0.2, 0.25) is 0 Å². The molecule has 1 aromatic carbocycles. The molecular formula is C16H25NO. The van der Waals surface area contributed by atoms with E-state index in [1.807, 2.05) is 0 Å². The average molecular weight is 247 g/mol. The van der Waals surface area contributed by atoms with Crippen molar-refractivity contribution in [3.05, 3.63) is 28.3 Å². The van der Waals surface area contributed by atoms with Crippen molar-refractivity contribution in [3.8, 4) is 5.75 Å². The van der Waals surface area contributed by atoms with Crippen LogP contribution in [0.3, 0.4) is 0 Å². The Morgan fingerprint density at radius 3 is 2.44 bits per heavy atom. The Kier molecular flexibility index (Phi) is 4.28. The minimum Gasteiger partial charge on any atom is -0.496 e. The fourth-order valence-electron chi connectivity index (χ4n) is 3.01. The van der Waals surface area contributed by atoms with Crippen LogP contribution in [-0.4, -0.2) is 20.2 Å². The molecule has 0 radical (unpaired) electrons. The summed E-state index contributed by atoms with van der Waals surface area (Å²) in [5.41, 5.74) is 5.44. The van der Waals surface area contributed by atoms with Crippen LogP contribution in [0.2, 0.25) is 0 Å². The van der Waals surface area contributed by atoms with Crippen LogP contribution in [0.1, 0.15) is 35.1 Å². The van der Waals surface area contributed by atoms with Gasteiger partial charge in [-0.25, -0.2) is 0 Å². The van der Waals surface area contributed by atoms with Crippen molar-refractivity contribution in [3.63, 3.8) is 0 Å². The molecule has 0 amide bonds. The second kappa shape index (κ2) is 5.75. The Hall–Kier alpha value is -1.02. The maximum atomic E-state index is 5.66. The highest BCUT2D eigenvalue weighted by atomic mass is 16.5. The van der Waals surface area contributed by atoms with E-state index in [4.69, 9.17) is 4.74 Å². The van der Waals surface area contributed by atoms with Gasteiger partial charge in [0.05, 0.1) is 7.11 Å². The highest BCUT2D eigenvalue weighted by Gasteiger charge is 2.19. The number of hydrogen-bond acceptors (Lipinski definition) is 2. The molecule has 2 heteroatoms. The molecule has 1 aliphatic heterocycles. The van der Waals surface area contributed by atoms with E-state index in [0.29, 0.717) is 0 Å². The van der Waals surface area contributed by atoms with Gasteiger partial charge >= 0.3 is 0 Å². The van der Waals surface area contributed by atoms with E-state index in [1.54, 1.807) is 7.11 Å². The Labute approximate surface area is 111 Å². The zero-order valence-electron chi connectivity index (χ0n) is 12.1. The Morgan fingerprint density at radius 2 is 1.83 bits per heavy atom. The van der Waals surface area contributed by atoms with Crippen LogP contribution in [-0.2, 0) is 6.42 Å². The van der Waals surface area contributed by atoms with Crippen molar-refractivity contribution in [2.45, 2.75) is 40.0 Å². The monoisotopic (exact) mass is 247 g/mol. The third-order valence-electron chi connectivity index (χ3n) is 4.27. The molecule has 18 heavy (non-hydrogen) atoms. The number of hydrogen-bond donors (Lipinski definition) is 1. The molecule has 0 aliphatic carbocycles. The molecule has 0 saturated carbocycles. The molecule has 0 spiro atoms. The van der Waals surface area contributed by atoms with Crippen molar-refractivity contribution in [1.29, 1.82) is 0 Å². The predicted octanol–water partition coefficient (Wildman–Crippen LogP) is 3.16. The van der Waals surface area contributed by atoms with Gasteiger partial charge in [-0.3, -0.25) is 0 Å². The molecule has 0 bridgehead atoms. The number of methoxy groups -OCH3 is 1. The molecule has 100 valence electrons. The van der Waals surface area contributed by atoms with Crippen LogP contribution in [0.15, 0.2) is 6.07 Å². The number of aryl methyl sites for hydroxylation is 2. The predicted molar refractivity (Wildman–Crippen MR) is 76.5 cm³/mol. The maximum Gasteiger partial charge on any atom is 0.125 e. The summed E-state index contributed by atoms with van der Waals surface area (Å²) in [5.74, 6) is 1.92. The van der Waals surface area contributed by atoms with Gasteiger partial charge in [0.15, 0.2) is 0 Å². The lowest BCUT2D eigenvalue weighted by molar-refractivity contribution is 0.359. The lowest BCUT2D eigenvalue weighted by Crippen LogP contribution is -2.28. The van der Waals surface area contributed by atoms with E-state index in [1.165, 1.54) is 35.1 Å². The molecule has 1 saturated heterocycles. The van der Waals surface area contributed by atoms with Crippen molar-refractivity contribution >= 4 is 0 Å². The smallest absolute Gasteiger partial charge is 0.125 e. The number of benzene rings is 1. The largest absolute Gasteiger partial charge is 0.496 e. The molecule has 1 fully saturated rings. The second-order valence-electron chi connectivity index (χ2n) is 5.54. The van der Waals surface area contributed by atoms with Crippen LogP contribution in [0.5, 0.6) is 5.75 Å². The first-order valence-corrected chi connectivity index (χ1v) is 6.98. The molecule has 1 heterocycles. The van der Waals surface area contributed by atoms with Crippen LogP contribution in [0.4, 0.5) is 0 Å². The van der Waals surface area contributed by atoms with E-state index in [2.05, 4.69) is 32.2 Å². The van der Waals surface area contributed by atoms with Crippen LogP contribution in [0.25, 0.3) is 0 Å². The van der Waals surface area contributed by atoms with Gasteiger partial charge in [0.1, 0.15) is 5.75 Å². The van der Waals surface area contributed by atoms with Gasteiger partial charge in [0, 0.05) is 0 Å². The van der Waals surface area contributed by atoms with E-state index in [0.717, 1.165) is 31.2 Å². The summed E-state index contributed by atoms with van der Waals surface area (Å²) in [7, 11) is 1.80. The minimum atomic E-state index is 0.806. The molecule has 1 aromatic rings. The summed E-state index contributed by atoms with van der Waals surface area (Å²) in [6, 6.07) is 2.30. The van der Waals surface area contributed by atoms with Crippen LogP contribution in [0, 0.1) is 26.7 Å². The van der Waals surface area contributed by atoms with E-state index >= 15 is 0 Å². The molecule has 1 N–H and O–H groups in total. The molecule has 0 unspecified atom stereocenters. The van der Waals surface area contributed by atoms with Gasteiger partial charge in [0.25, 0.3) is 0 Å². The molecule has 2 nitrogen and oxygen atoms in total. The Bertz CT molecular complexity index is 420. The average Bonchev–Trinajstić information content (AvgIpc) is 2.37. The number of ether oxygens (including phenoxy) is 1. The third-order valence-corrected chi connectivity index (χ3v) is 4.27. The van der Waals surface area contributed by atoms with Crippen LogP contribution >= 0.6 is 0 Å². The van der Waals surface area contributed by atoms with Gasteiger partial charge in [-0.05, 0) is 81.3 Å². The zero-order chi connectivity index (χ0) is 13.1. The number of piperidine rings is 1. The highest BCUT2D eigenvalue weighted by Crippen LogP contribution is 2.32. The fraction of sp³-hybridized carbons (Fsp3) is 0.625. The number of rotatable bonds is 3. The summed E-state index contributed by atoms with van der Waals surface area (Å²) in [4.78, 5) is 0. The highest BCUT2D eigenvalue weighted by molar-refractivity contribution is 5.49. The zero-order valence-corrected chi connectivity index (χ0v) is 12.1. The molecular weight excluding hydrogens is 222 g/mol. The standard InChI is InChI=1S/C16H25NO/c1-11-9-12(2)15(16(18-4)13(11)3)10-14-5-7-17-8-6-14/h9,14,17H,5-8,10H2,1-4H3. The van der Waals surface area contributed by atoms with Crippen molar-refractivity contribution in [1.82, 2.24) is 5.32 Å². The van der Waals surface area contributed by atoms with Gasteiger partial charge in [-0.2, -0.15) is 0 Å². The van der Waals surface area contributed by atoms with E-state index in [9.17, 15) is 0 Å². The normalized spacial score (nSPS) is 16.9. The maximum absolute atomic E-state index is 5.66. The second-order valence-corrected chi connectivity index (χ2v) is 5.54. The molecule has 1 aliphatic rings. The van der Waals surface area contributed by atoms with Gasteiger partial charge in [-0.15, -0.1) is 0 Å². The van der Waals surface area contributed by atoms with E-state index < -0.39 is 0 Å². The first-order valence-electron chi connectivity index (χ1n) is 6.98. The third kappa shape index (κ3) is 2.69. The van der Waals surface area contributed by atoms with Gasteiger partial charge < -0.3 is 10.1 Å². The molecule has 2 rings (SSSR count). The SMILES string of the molecule is COc1c(C)c(C)cc(C)c1CC1CCNCC1. The summed E-state index contributed by atoms with van der Waals surface area (Å²) in [6.07, 6.45) is 3.74. The lowest BCUT2D eigenvalue weighted by Gasteiger charge is -2.25. The topological polar surface area (TPSA) is 21.3 Å². The van der Waals surface area contributed by atoms with Crippen molar-refractivity contribution < 1.29 is 4.74 Å². The van der Waals surface area contributed by atoms with Crippen molar-refractivity contribution in [2.24, 2.45) is 5.92 Å². The van der Waals surface area contributed by atoms with Crippen LogP contribution < -0.4 is 10.1 Å². The summed E-state index contributed by atoms with van der Waals surface area (Å²) in [5, 5.41) is 3.43. The summed E-state index contributed by atoms with van der Waals surface area (Å²) < 4.78 is 5.66. The minimum absolute atomic E-state index is 0.806. The Morgan fingerprint density at radius 1 is 1.17 bits per heavy atom. The first-order chi connectivity index (χ1) is 8.63. The van der Waals surface area contributed by atoms with Crippen molar-refractivity contribution in [2.75, 3.05) is 20.2 Å². The summed E-state index contributed by atoms with van der Waals surface area (Å²) >= 11 is 0. The summed E-state index contributed by atoms with van der Waals surface area (Å²) in [6.45, 7) is 8.87. The quantitative estimate of drug-likeness (QED) is 0.886. The first kappa shape index (κ1) is 13.4. The fourth-order valence-corrected chi connectivity index (χ4v) is 3.01. The molecule has 0 atom stereocenters. The van der Waals surface area contributed by atoms with E-state index in [-0.39, 0.29) is 0 Å². The molecule has 0 aromatic heterocycles. The Balaban J connectivity index is 2.28. The lowest BCUT2D eigenvalue weighted by atomic mass is 9.87. The van der Waals surface area contributed by atoms with Gasteiger partial charge in [-0.1, -0.05) is 6.07 Å².